The third-order valence-corrected chi connectivity index (χ3v) is 4.00. The number of pyridine rings is 1. The van der Waals surface area contributed by atoms with Crippen LogP contribution in [0.25, 0.3) is 11.6 Å². The number of nitrogens with zero attached hydrogens (tertiary/aromatic N) is 4. The number of piperidine rings is 1. The van der Waals surface area contributed by atoms with Gasteiger partial charge in [-0.25, -0.2) is 0 Å². The molecule has 21 heavy (non-hydrogen) atoms. The minimum atomic E-state index is 0.356. The van der Waals surface area contributed by atoms with Crippen molar-refractivity contribution < 1.29 is 9.15 Å². The van der Waals surface area contributed by atoms with Gasteiger partial charge < -0.3 is 14.1 Å². The molecule has 0 bridgehead atoms. The molecule has 0 N–H and O–H groups in total. The van der Waals surface area contributed by atoms with Gasteiger partial charge in [-0.2, -0.15) is 0 Å². The summed E-state index contributed by atoms with van der Waals surface area (Å²) in [6, 6.07) is 1.83. The lowest BCUT2D eigenvalue weighted by Gasteiger charge is -2.26. The second kappa shape index (κ2) is 5.81. The van der Waals surface area contributed by atoms with Crippen LogP contribution in [-0.2, 0) is 0 Å². The summed E-state index contributed by atoms with van der Waals surface area (Å²) in [5.74, 6) is 2.32. The molecular weight excluding hydrogens is 268 g/mol. The van der Waals surface area contributed by atoms with Crippen molar-refractivity contribution in [1.29, 1.82) is 0 Å². The molecule has 0 radical (unpaired) electrons. The highest BCUT2D eigenvalue weighted by molar-refractivity contribution is 5.51. The number of methoxy groups -OCH3 is 1. The van der Waals surface area contributed by atoms with Crippen LogP contribution in [0.4, 0.5) is 0 Å². The third-order valence-electron chi connectivity index (χ3n) is 4.00. The molecule has 0 spiro atoms. The maximum absolute atomic E-state index is 5.82. The van der Waals surface area contributed by atoms with Gasteiger partial charge in [-0.3, -0.25) is 4.98 Å². The summed E-state index contributed by atoms with van der Waals surface area (Å²) in [5, 5.41) is 8.34. The standard InChI is InChI=1S/C15H20N4O2/c1-10-9-16-12(8-13(10)20-3)15-18-17-14(21-15)11-4-6-19(2)7-5-11/h8-9,11H,4-7H2,1-3H3. The van der Waals surface area contributed by atoms with Gasteiger partial charge in [0, 0.05) is 23.7 Å². The molecule has 0 atom stereocenters. The van der Waals surface area contributed by atoms with Crippen molar-refractivity contribution in [3.8, 4) is 17.3 Å². The van der Waals surface area contributed by atoms with Crippen molar-refractivity contribution in [1.82, 2.24) is 20.1 Å². The predicted octanol–water partition coefficient (Wildman–Crippen LogP) is 2.26. The first-order valence-electron chi connectivity index (χ1n) is 7.20. The maximum atomic E-state index is 5.82. The second-order valence-electron chi connectivity index (χ2n) is 5.56. The van der Waals surface area contributed by atoms with E-state index in [1.165, 1.54) is 0 Å². The van der Waals surface area contributed by atoms with Gasteiger partial charge >= 0.3 is 0 Å². The van der Waals surface area contributed by atoms with Crippen molar-refractivity contribution in [3.63, 3.8) is 0 Å². The van der Waals surface area contributed by atoms with Crippen molar-refractivity contribution >= 4 is 0 Å². The molecule has 0 amide bonds. The summed E-state index contributed by atoms with van der Waals surface area (Å²) in [6.45, 7) is 4.09. The van der Waals surface area contributed by atoms with Crippen molar-refractivity contribution in [2.45, 2.75) is 25.7 Å². The van der Waals surface area contributed by atoms with Crippen molar-refractivity contribution in [2.24, 2.45) is 0 Å². The molecular formula is C15H20N4O2. The van der Waals surface area contributed by atoms with Crippen LogP contribution in [-0.4, -0.2) is 47.3 Å². The molecule has 0 aliphatic carbocycles. The SMILES string of the molecule is COc1cc(-c2nnc(C3CCN(C)CC3)o2)ncc1C. The predicted molar refractivity (Wildman–Crippen MR) is 78.3 cm³/mol. The van der Waals surface area contributed by atoms with Gasteiger partial charge in [-0.15, -0.1) is 10.2 Å². The fourth-order valence-corrected chi connectivity index (χ4v) is 2.60. The van der Waals surface area contributed by atoms with E-state index < -0.39 is 0 Å². The Balaban J connectivity index is 1.81. The van der Waals surface area contributed by atoms with Crippen LogP contribution in [0.5, 0.6) is 5.75 Å². The highest BCUT2D eigenvalue weighted by Crippen LogP contribution is 2.29. The zero-order chi connectivity index (χ0) is 14.8. The summed E-state index contributed by atoms with van der Waals surface area (Å²) in [5.41, 5.74) is 1.64. The van der Waals surface area contributed by atoms with E-state index in [1.54, 1.807) is 13.3 Å². The van der Waals surface area contributed by atoms with E-state index in [-0.39, 0.29) is 0 Å². The quantitative estimate of drug-likeness (QED) is 0.863. The largest absolute Gasteiger partial charge is 0.496 e. The van der Waals surface area contributed by atoms with Crippen LogP contribution in [0.1, 0.15) is 30.2 Å². The van der Waals surface area contributed by atoms with Crippen LogP contribution in [0.3, 0.4) is 0 Å². The lowest BCUT2D eigenvalue weighted by Crippen LogP contribution is -2.29. The minimum Gasteiger partial charge on any atom is -0.496 e. The number of aryl methyl sites for hydroxylation is 1. The van der Waals surface area contributed by atoms with Crippen LogP contribution in [0.2, 0.25) is 0 Å². The Hall–Kier alpha value is -1.95. The fraction of sp³-hybridized carbons (Fsp3) is 0.533. The normalized spacial score (nSPS) is 17.1. The van der Waals surface area contributed by atoms with Crippen LogP contribution < -0.4 is 4.74 Å². The molecule has 1 aliphatic rings. The zero-order valence-electron chi connectivity index (χ0n) is 12.7. The molecule has 112 valence electrons. The summed E-state index contributed by atoms with van der Waals surface area (Å²) >= 11 is 0. The molecule has 1 fully saturated rings. The van der Waals surface area contributed by atoms with Gasteiger partial charge in [0.05, 0.1) is 7.11 Å². The van der Waals surface area contributed by atoms with Crippen LogP contribution in [0, 0.1) is 6.92 Å². The number of likely N-dealkylation sites (tertiary alicyclic amines) is 1. The van der Waals surface area contributed by atoms with Gasteiger partial charge in [0.25, 0.3) is 5.89 Å². The molecule has 3 heterocycles. The molecule has 0 saturated carbocycles. The van der Waals surface area contributed by atoms with E-state index >= 15 is 0 Å². The first kappa shape index (κ1) is 14.0. The Bertz CT molecular complexity index is 618. The smallest absolute Gasteiger partial charge is 0.266 e. The van der Waals surface area contributed by atoms with E-state index in [2.05, 4.69) is 27.1 Å². The first-order valence-corrected chi connectivity index (χ1v) is 7.20. The Labute approximate surface area is 124 Å². The number of rotatable bonds is 3. The molecule has 3 rings (SSSR count). The molecule has 2 aromatic heterocycles. The number of ether oxygens (including phenoxy) is 1. The molecule has 1 saturated heterocycles. The summed E-state index contributed by atoms with van der Waals surface area (Å²) < 4.78 is 11.1. The number of hydrogen-bond donors (Lipinski definition) is 0. The summed E-state index contributed by atoms with van der Waals surface area (Å²) in [6.07, 6.45) is 3.87. The Morgan fingerprint density at radius 3 is 2.76 bits per heavy atom. The van der Waals surface area contributed by atoms with E-state index in [0.717, 1.165) is 43.1 Å². The number of hydrogen-bond acceptors (Lipinski definition) is 6. The maximum Gasteiger partial charge on any atom is 0.266 e. The van der Waals surface area contributed by atoms with Gasteiger partial charge in [0.2, 0.25) is 5.89 Å². The zero-order valence-corrected chi connectivity index (χ0v) is 12.7. The molecule has 0 aromatic carbocycles. The highest BCUT2D eigenvalue weighted by Gasteiger charge is 2.24. The Kier molecular flexibility index (Phi) is 3.88. The highest BCUT2D eigenvalue weighted by atomic mass is 16.5. The number of aromatic nitrogens is 3. The van der Waals surface area contributed by atoms with E-state index in [0.29, 0.717) is 17.5 Å². The van der Waals surface area contributed by atoms with E-state index in [1.807, 2.05) is 13.0 Å². The van der Waals surface area contributed by atoms with Crippen LogP contribution >= 0.6 is 0 Å². The molecule has 6 heteroatoms. The monoisotopic (exact) mass is 288 g/mol. The Morgan fingerprint density at radius 2 is 2.05 bits per heavy atom. The minimum absolute atomic E-state index is 0.356. The lowest BCUT2D eigenvalue weighted by molar-refractivity contribution is 0.237. The average Bonchev–Trinajstić information content (AvgIpc) is 2.98. The molecule has 2 aromatic rings. The first-order chi connectivity index (χ1) is 10.2. The lowest BCUT2D eigenvalue weighted by atomic mass is 9.97. The molecule has 6 nitrogen and oxygen atoms in total. The van der Waals surface area contributed by atoms with E-state index in [4.69, 9.17) is 9.15 Å². The fourth-order valence-electron chi connectivity index (χ4n) is 2.60. The Morgan fingerprint density at radius 1 is 1.29 bits per heavy atom. The second-order valence-corrected chi connectivity index (χ2v) is 5.56. The molecule has 0 unspecified atom stereocenters. The summed E-state index contributed by atoms with van der Waals surface area (Å²) in [4.78, 5) is 6.66. The van der Waals surface area contributed by atoms with E-state index in [9.17, 15) is 0 Å². The van der Waals surface area contributed by atoms with Gasteiger partial charge in [0.1, 0.15) is 11.4 Å². The third kappa shape index (κ3) is 2.90. The topological polar surface area (TPSA) is 64.3 Å². The van der Waals surface area contributed by atoms with Crippen molar-refractivity contribution in [3.05, 3.63) is 23.7 Å². The van der Waals surface area contributed by atoms with Gasteiger partial charge in [-0.05, 0) is 39.9 Å². The van der Waals surface area contributed by atoms with Gasteiger partial charge in [-0.1, -0.05) is 0 Å². The summed E-state index contributed by atoms with van der Waals surface area (Å²) in [7, 11) is 3.78. The van der Waals surface area contributed by atoms with Gasteiger partial charge in [0.15, 0.2) is 0 Å². The molecule has 1 aliphatic heterocycles. The average molecular weight is 288 g/mol. The van der Waals surface area contributed by atoms with Crippen molar-refractivity contribution in [2.75, 3.05) is 27.2 Å². The van der Waals surface area contributed by atoms with Crippen LogP contribution in [0.15, 0.2) is 16.7 Å².